The van der Waals surface area contributed by atoms with Gasteiger partial charge in [0, 0.05) is 17.1 Å². The Morgan fingerprint density at radius 2 is 2.00 bits per heavy atom. The number of nitrogens with one attached hydrogen (secondary N) is 1. The standard InChI is InChI=1S/C14H16N2O2S2/c15-12-8-14(19-9-12)20(17,18)16-13-6-5-10-3-1-2-4-11(10)7-13/h1-4,8-9,13,16H,5-7,15H2. The Balaban J connectivity index is 1.77. The van der Waals surface area contributed by atoms with Crippen LogP contribution < -0.4 is 10.5 Å². The summed E-state index contributed by atoms with van der Waals surface area (Å²) >= 11 is 1.16. The third kappa shape index (κ3) is 2.72. The molecule has 6 heteroatoms. The predicted molar refractivity (Wildman–Crippen MR) is 81.3 cm³/mol. The van der Waals surface area contributed by atoms with Crippen molar-refractivity contribution in [1.29, 1.82) is 0 Å². The number of rotatable bonds is 3. The maximum atomic E-state index is 12.3. The van der Waals surface area contributed by atoms with Gasteiger partial charge in [-0.1, -0.05) is 24.3 Å². The number of nitrogens with two attached hydrogens (primary N) is 1. The zero-order chi connectivity index (χ0) is 14.2. The topological polar surface area (TPSA) is 72.2 Å². The van der Waals surface area contributed by atoms with Crippen LogP contribution >= 0.6 is 11.3 Å². The van der Waals surface area contributed by atoms with Crippen LogP contribution in [0.4, 0.5) is 5.69 Å². The third-order valence-electron chi connectivity index (χ3n) is 3.53. The van der Waals surface area contributed by atoms with Gasteiger partial charge >= 0.3 is 0 Å². The molecule has 3 rings (SSSR count). The number of hydrogen-bond acceptors (Lipinski definition) is 4. The minimum atomic E-state index is -3.45. The predicted octanol–water partition coefficient (Wildman–Crippen LogP) is 2.17. The Kier molecular flexibility index (Phi) is 3.54. The Labute approximate surface area is 122 Å². The highest BCUT2D eigenvalue weighted by Gasteiger charge is 2.25. The average molecular weight is 308 g/mol. The van der Waals surface area contributed by atoms with E-state index in [1.165, 1.54) is 17.2 Å². The zero-order valence-electron chi connectivity index (χ0n) is 10.9. The van der Waals surface area contributed by atoms with Crippen molar-refractivity contribution in [2.75, 3.05) is 5.73 Å². The molecule has 3 N–H and O–H groups in total. The molecule has 106 valence electrons. The summed E-state index contributed by atoms with van der Waals surface area (Å²) in [5, 5.41) is 1.64. The molecule has 0 saturated heterocycles. The van der Waals surface area contributed by atoms with Crippen LogP contribution in [0.1, 0.15) is 17.5 Å². The lowest BCUT2D eigenvalue weighted by molar-refractivity contribution is 0.508. The number of anilines is 1. The maximum absolute atomic E-state index is 12.3. The van der Waals surface area contributed by atoms with Gasteiger partial charge in [-0.15, -0.1) is 11.3 Å². The molecule has 1 heterocycles. The van der Waals surface area contributed by atoms with Crippen molar-refractivity contribution in [2.45, 2.75) is 29.5 Å². The molecule has 0 bridgehead atoms. The van der Waals surface area contributed by atoms with Crippen molar-refractivity contribution in [1.82, 2.24) is 4.72 Å². The molecule has 1 aliphatic carbocycles. The molecule has 0 amide bonds. The number of thiophene rings is 1. The van der Waals surface area contributed by atoms with E-state index in [1.807, 2.05) is 12.1 Å². The summed E-state index contributed by atoms with van der Waals surface area (Å²) in [5.41, 5.74) is 8.64. The fourth-order valence-electron chi connectivity index (χ4n) is 2.55. The summed E-state index contributed by atoms with van der Waals surface area (Å²) in [4.78, 5) is 0. The molecular weight excluding hydrogens is 292 g/mol. The number of aryl methyl sites for hydroxylation is 1. The zero-order valence-corrected chi connectivity index (χ0v) is 12.5. The summed E-state index contributed by atoms with van der Waals surface area (Å²) in [7, 11) is -3.45. The quantitative estimate of drug-likeness (QED) is 0.912. The molecule has 1 unspecified atom stereocenters. The van der Waals surface area contributed by atoms with Crippen LogP contribution in [0.2, 0.25) is 0 Å². The van der Waals surface area contributed by atoms with Crippen LogP contribution in [0.5, 0.6) is 0 Å². The number of benzene rings is 1. The van der Waals surface area contributed by atoms with Gasteiger partial charge in [0.2, 0.25) is 10.0 Å². The lowest BCUT2D eigenvalue weighted by atomic mass is 9.89. The molecule has 0 fully saturated rings. The third-order valence-corrected chi connectivity index (χ3v) is 6.51. The van der Waals surface area contributed by atoms with E-state index in [9.17, 15) is 8.42 Å². The van der Waals surface area contributed by atoms with E-state index < -0.39 is 10.0 Å². The van der Waals surface area contributed by atoms with Crippen LogP contribution in [0.3, 0.4) is 0 Å². The molecule has 1 aliphatic rings. The van der Waals surface area contributed by atoms with E-state index in [0.29, 0.717) is 5.69 Å². The van der Waals surface area contributed by atoms with Crippen molar-refractivity contribution in [2.24, 2.45) is 0 Å². The summed E-state index contributed by atoms with van der Waals surface area (Å²) in [6, 6.07) is 9.66. The first-order chi connectivity index (χ1) is 9.54. The Hall–Kier alpha value is -1.37. The van der Waals surface area contributed by atoms with Crippen LogP contribution in [-0.4, -0.2) is 14.5 Å². The number of hydrogen-bond donors (Lipinski definition) is 2. The Morgan fingerprint density at radius 3 is 2.70 bits per heavy atom. The van der Waals surface area contributed by atoms with Gasteiger partial charge < -0.3 is 5.73 Å². The normalized spacial score (nSPS) is 18.7. The summed E-state index contributed by atoms with van der Waals surface area (Å²) in [6.07, 6.45) is 2.49. The van der Waals surface area contributed by atoms with E-state index in [1.54, 1.807) is 5.38 Å². The van der Waals surface area contributed by atoms with Crippen LogP contribution in [0.25, 0.3) is 0 Å². The van der Waals surface area contributed by atoms with Gasteiger partial charge in [0.25, 0.3) is 0 Å². The Bertz CT molecular complexity index is 722. The second-order valence-corrected chi connectivity index (χ2v) is 7.88. The average Bonchev–Trinajstić information content (AvgIpc) is 2.86. The second-order valence-electron chi connectivity index (χ2n) is 5.03. The fraction of sp³-hybridized carbons (Fsp3) is 0.286. The van der Waals surface area contributed by atoms with Crippen molar-refractivity contribution < 1.29 is 8.42 Å². The lowest BCUT2D eigenvalue weighted by Crippen LogP contribution is -2.38. The minimum absolute atomic E-state index is 0.0433. The van der Waals surface area contributed by atoms with Crippen LogP contribution in [-0.2, 0) is 22.9 Å². The Morgan fingerprint density at radius 1 is 1.25 bits per heavy atom. The number of fused-ring (bicyclic) bond motifs is 1. The first kappa shape index (κ1) is 13.6. The second kappa shape index (κ2) is 5.20. The van der Waals surface area contributed by atoms with Gasteiger partial charge in [-0.2, -0.15) is 0 Å². The molecule has 1 aromatic carbocycles. The largest absolute Gasteiger partial charge is 0.398 e. The summed E-state index contributed by atoms with van der Waals surface area (Å²) in [5.74, 6) is 0. The van der Waals surface area contributed by atoms with Crippen LogP contribution in [0.15, 0.2) is 39.9 Å². The first-order valence-corrected chi connectivity index (χ1v) is 8.84. The monoisotopic (exact) mass is 308 g/mol. The minimum Gasteiger partial charge on any atom is -0.398 e. The highest BCUT2D eigenvalue weighted by atomic mass is 32.2. The lowest BCUT2D eigenvalue weighted by Gasteiger charge is -2.25. The highest BCUT2D eigenvalue weighted by molar-refractivity contribution is 7.91. The van der Waals surface area contributed by atoms with E-state index in [-0.39, 0.29) is 10.3 Å². The van der Waals surface area contributed by atoms with Gasteiger partial charge in [-0.05, 0) is 36.5 Å². The van der Waals surface area contributed by atoms with Crippen molar-refractivity contribution in [3.8, 4) is 0 Å². The molecule has 0 saturated carbocycles. The van der Waals surface area contributed by atoms with Crippen molar-refractivity contribution in [3.63, 3.8) is 0 Å². The molecule has 4 nitrogen and oxygen atoms in total. The maximum Gasteiger partial charge on any atom is 0.250 e. The molecule has 0 radical (unpaired) electrons. The number of sulfonamides is 1. The van der Waals surface area contributed by atoms with Crippen LogP contribution in [0, 0.1) is 0 Å². The van der Waals surface area contributed by atoms with E-state index >= 15 is 0 Å². The first-order valence-electron chi connectivity index (χ1n) is 6.48. The van der Waals surface area contributed by atoms with Crippen molar-refractivity contribution >= 4 is 27.0 Å². The SMILES string of the molecule is Nc1csc(S(=O)(=O)NC2CCc3ccccc3C2)c1. The molecule has 2 aromatic rings. The smallest absolute Gasteiger partial charge is 0.250 e. The van der Waals surface area contributed by atoms with E-state index in [0.717, 1.165) is 30.6 Å². The van der Waals surface area contributed by atoms with Gasteiger partial charge in [-0.3, -0.25) is 0 Å². The van der Waals surface area contributed by atoms with E-state index in [2.05, 4.69) is 16.9 Å². The fourth-order valence-corrected chi connectivity index (χ4v) is 4.91. The van der Waals surface area contributed by atoms with Gasteiger partial charge in [0.1, 0.15) is 4.21 Å². The summed E-state index contributed by atoms with van der Waals surface area (Å²) < 4.78 is 27.6. The number of nitrogen functional groups attached to an aromatic ring is 1. The van der Waals surface area contributed by atoms with Gasteiger partial charge in [0.05, 0.1) is 0 Å². The molecule has 0 aliphatic heterocycles. The van der Waals surface area contributed by atoms with E-state index in [4.69, 9.17) is 5.73 Å². The molecular formula is C14H16N2O2S2. The summed E-state index contributed by atoms with van der Waals surface area (Å²) in [6.45, 7) is 0. The van der Waals surface area contributed by atoms with Crippen molar-refractivity contribution in [3.05, 3.63) is 46.8 Å². The molecule has 1 atom stereocenters. The van der Waals surface area contributed by atoms with Gasteiger partial charge in [-0.25, -0.2) is 13.1 Å². The molecule has 20 heavy (non-hydrogen) atoms. The highest BCUT2D eigenvalue weighted by Crippen LogP contribution is 2.25. The van der Waals surface area contributed by atoms with Gasteiger partial charge in [0.15, 0.2) is 0 Å². The molecule has 0 spiro atoms. The molecule has 1 aromatic heterocycles.